The van der Waals surface area contributed by atoms with Crippen LogP contribution in [0.3, 0.4) is 0 Å². The van der Waals surface area contributed by atoms with Gasteiger partial charge in [-0.3, -0.25) is 19.2 Å². The van der Waals surface area contributed by atoms with Gasteiger partial charge in [-0.05, 0) is 6.92 Å². The molecule has 3 amide bonds. The second-order valence-electron chi connectivity index (χ2n) is 26.6. The molecule has 0 aliphatic carbocycles. The van der Waals surface area contributed by atoms with E-state index in [0.29, 0.717) is 0 Å². The molecule has 8 rings (SSSR count). The van der Waals surface area contributed by atoms with Crippen LogP contribution in [-0.2, 0) is 95.0 Å². The molecule has 0 aromatic carbocycles. The summed E-state index contributed by atoms with van der Waals surface area (Å²) >= 11 is 0. The second-order valence-corrected chi connectivity index (χ2v) is 26.6. The molecule has 0 aromatic rings. The van der Waals surface area contributed by atoms with Crippen molar-refractivity contribution in [2.75, 3.05) is 52.9 Å². The van der Waals surface area contributed by atoms with Crippen LogP contribution in [0.15, 0.2) is 0 Å². The number of carbonyl (C=O) groups excluding carboxylic acids is 4. The summed E-state index contributed by atoms with van der Waals surface area (Å²) in [6.07, 6.45) is -71.9. The Kier molecular flexibility index (Phi) is 30.9. The number of amides is 3. The fraction of sp³-hybridized carbons (Fsp3) is 0.932. The quantitative estimate of drug-likeness (QED) is 0.0244. The first kappa shape index (κ1) is 86.0. The first-order chi connectivity index (χ1) is 49.1. The molecule has 8 saturated heterocycles. The van der Waals surface area contributed by atoms with Crippen LogP contribution in [0.1, 0.15) is 41.0 Å². The Hall–Kier alpha value is -3.60. The van der Waals surface area contributed by atoms with Gasteiger partial charge < -0.3 is 204 Å². The van der Waals surface area contributed by atoms with E-state index in [9.17, 15) is 132 Å². The maximum absolute atomic E-state index is 13.0. The van der Waals surface area contributed by atoms with E-state index < -0.39 is 328 Å². The van der Waals surface area contributed by atoms with E-state index in [0.717, 1.165) is 20.8 Å². The lowest BCUT2D eigenvalue weighted by molar-refractivity contribution is -0.424. The van der Waals surface area contributed by atoms with Crippen molar-refractivity contribution in [1.82, 2.24) is 16.0 Å². The van der Waals surface area contributed by atoms with Crippen molar-refractivity contribution in [3.63, 3.8) is 0 Å². The zero-order chi connectivity index (χ0) is 76.8. The fourth-order valence-electron chi connectivity index (χ4n) is 13.5. The minimum atomic E-state index is -2.63. The zero-order valence-corrected chi connectivity index (χ0v) is 56.5. The van der Waals surface area contributed by atoms with Gasteiger partial charge in [0.25, 0.3) is 6.47 Å². The molecule has 8 aliphatic heterocycles. The highest BCUT2D eigenvalue weighted by Crippen LogP contribution is 2.41. The van der Waals surface area contributed by atoms with Gasteiger partial charge in [-0.1, -0.05) is 6.92 Å². The Balaban J connectivity index is 1.06. The lowest BCUT2D eigenvalue weighted by Gasteiger charge is -2.51. The van der Waals surface area contributed by atoms with Crippen molar-refractivity contribution in [1.29, 1.82) is 0 Å². The average Bonchev–Trinajstić information content (AvgIpc) is 0.772. The van der Waals surface area contributed by atoms with Crippen LogP contribution in [-0.4, -0.2) is 434 Å². The summed E-state index contributed by atoms with van der Waals surface area (Å²) in [4.78, 5) is 49.8. The van der Waals surface area contributed by atoms with Gasteiger partial charge in [0.1, 0.15) is 177 Å². The average molecular weight is 1520 g/mol. The molecule has 8 heterocycles. The largest absolute Gasteiger partial charge is 0.410 e. The van der Waals surface area contributed by atoms with E-state index >= 15 is 0 Å². The summed E-state index contributed by atoms with van der Waals surface area (Å²) in [5, 5.41) is 250. The first-order valence-electron chi connectivity index (χ1n) is 33.4. The number of hydrogen-bond acceptors (Lipinski definition) is 42. The Labute approximate surface area is 590 Å². The van der Waals surface area contributed by atoms with Crippen LogP contribution < -0.4 is 16.0 Å². The molecule has 602 valence electrons. The predicted molar refractivity (Wildman–Crippen MR) is 323 cm³/mol. The van der Waals surface area contributed by atoms with Crippen LogP contribution in [0.2, 0.25) is 0 Å². The third-order valence-electron chi connectivity index (χ3n) is 19.3. The summed E-state index contributed by atoms with van der Waals surface area (Å²) in [6, 6.07) is -4.94. The molecule has 0 saturated carbocycles. The maximum Gasteiger partial charge on any atom is 0.332 e. The molecule has 8 aliphatic rings. The van der Waals surface area contributed by atoms with Gasteiger partial charge in [-0.2, -0.15) is 0 Å². The molecule has 45 nitrogen and oxygen atoms in total. The topological polar surface area (TPSA) is 697 Å². The molecule has 0 aromatic heterocycles. The lowest BCUT2D eigenvalue weighted by Crippen LogP contribution is -2.71. The van der Waals surface area contributed by atoms with Crippen molar-refractivity contribution < 1.29 is 207 Å². The molecule has 0 bridgehead atoms. The summed E-state index contributed by atoms with van der Waals surface area (Å²) in [5.41, 5.74) is 0. The fourth-order valence-corrected chi connectivity index (χ4v) is 13.5. The van der Waals surface area contributed by atoms with Crippen LogP contribution >= 0.6 is 0 Å². The van der Waals surface area contributed by atoms with Gasteiger partial charge in [-0.15, -0.1) is 0 Å². The number of rotatable bonds is 29. The molecular weight excluding hydrogens is 1420 g/mol. The lowest BCUT2D eigenvalue weighted by atomic mass is 9.87. The molecule has 0 radical (unpaired) electrons. The molecule has 104 heavy (non-hydrogen) atoms. The van der Waals surface area contributed by atoms with Gasteiger partial charge in [0.15, 0.2) is 37.7 Å². The van der Waals surface area contributed by atoms with E-state index in [2.05, 4.69) is 16.0 Å². The van der Waals surface area contributed by atoms with Crippen LogP contribution in [0.4, 0.5) is 0 Å². The monoisotopic (exact) mass is 1520 g/mol. The zero-order valence-electron chi connectivity index (χ0n) is 56.5. The maximum atomic E-state index is 13.0. The Bertz CT molecular complexity index is 2710. The van der Waals surface area contributed by atoms with Gasteiger partial charge in [0, 0.05) is 26.7 Å². The smallest absolute Gasteiger partial charge is 0.332 e. The standard InChI is InChI=1S/C59H99N3O42/c1-16-21(73)6-59(91-15-69,104-47(16)33(75)22(74)7-63)90-14-29-36(78)42(84)45(87)56(98-29)100-49-26(11-67)96-54(32(40(49)82)62-20(5)72)103-52-43(85)35(77)24(9-65)94-58(52)102-51-37(79)28(13-89-55-44(86)41(83)34(76)23(8-64)93-55)97-57(46(51)88)101-50-27(12-68)95-53(31(39(50)81)61-19(4)71)99-48-25(10-66)92-17(2)30(38(48)80)60-18(3)70/h15-17,21-58,63-68,73-88H,6-14H2,1-5H3,(H,60,70)(H,61,71)(H,62,72)/t16-,17+,21-,22-,23?,24?,25?,26?,27?,28?,29?,30?,31?,32?,33-,34-,35-,36+,37-,38-,39-,40-,41+,42+,43?,44?,45?,46?,47?,48-,49-,50-,51+,52?,53+,54+,55+,56+,57+,58-,59+/m1/s1. The highest BCUT2D eigenvalue weighted by Gasteiger charge is 2.60. The third-order valence-corrected chi connectivity index (χ3v) is 19.3. The second kappa shape index (κ2) is 37.4. The van der Waals surface area contributed by atoms with Crippen molar-refractivity contribution in [3.05, 3.63) is 0 Å². The molecule has 8 fully saturated rings. The van der Waals surface area contributed by atoms with E-state index in [4.69, 9.17) is 75.8 Å². The highest BCUT2D eigenvalue weighted by molar-refractivity contribution is 5.74. The summed E-state index contributed by atoms with van der Waals surface area (Å²) < 4.78 is 93.8. The third kappa shape index (κ3) is 19.0. The Morgan fingerprint density at radius 3 is 1.32 bits per heavy atom. The predicted octanol–water partition coefficient (Wildman–Crippen LogP) is -16.4. The van der Waals surface area contributed by atoms with E-state index in [1.54, 1.807) is 0 Å². The molecule has 41 atom stereocenters. The number of ether oxygens (including phenoxy) is 16. The van der Waals surface area contributed by atoms with Crippen molar-refractivity contribution >= 4 is 24.2 Å². The van der Waals surface area contributed by atoms with Crippen molar-refractivity contribution in [2.24, 2.45) is 5.92 Å². The van der Waals surface area contributed by atoms with Gasteiger partial charge in [0.05, 0.1) is 83.6 Å². The number of nitrogens with one attached hydrogen (secondary N) is 3. The summed E-state index contributed by atoms with van der Waals surface area (Å²) in [7, 11) is 0. The Morgan fingerprint density at radius 1 is 0.433 bits per heavy atom. The Morgan fingerprint density at radius 2 is 0.827 bits per heavy atom. The molecular formula is C59H99N3O42. The number of aliphatic hydroxyl groups is 22. The van der Waals surface area contributed by atoms with E-state index in [1.807, 2.05) is 0 Å². The molecule has 16 unspecified atom stereocenters. The van der Waals surface area contributed by atoms with Crippen LogP contribution in [0.25, 0.3) is 0 Å². The minimum absolute atomic E-state index is 0.175. The highest BCUT2D eigenvalue weighted by atomic mass is 16.9. The molecule has 25 N–H and O–H groups in total. The van der Waals surface area contributed by atoms with Gasteiger partial charge >= 0.3 is 5.97 Å². The van der Waals surface area contributed by atoms with Crippen LogP contribution in [0.5, 0.6) is 0 Å². The van der Waals surface area contributed by atoms with Crippen molar-refractivity contribution in [2.45, 2.75) is 286 Å². The number of hydrogen-bond donors (Lipinski definition) is 25. The van der Waals surface area contributed by atoms with Gasteiger partial charge in [-0.25, -0.2) is 0 Å². The summed E-state index contributed by atoms with van der Waals surface area (Å²) in [6.45, 7) is -2.40. The SMILES string of the molecule is CC(=O)NC1[C@H](OC2C(O)[C@H](O)C(CO)O[C@@H]2O[C@@H]2C(O)[C@H](O[C@@H]3C(CO)O[C@@H](O[C@@H]4C(CO)O[C@@H](C)C(NC(C)=O)[C@H]4O)C(NC(C)=O)[C@H]3O)OC(CO[C@H]3OC(CO)[C@@H](O)[C@H](O)C3O)[C@H]2O)OC(CO)[C@@H](O[C@@H]2OC(CO[C@]3(OC=O)C[C@@H](O)[C@@H](C)C([C@H](O)[C@H](O)CO)O3)[C@H](O)[C@H](O)C2O)[C@@H]1O. The van der Waals surface area contributed by atoms with Crippen molar-refractivity contribution in [3.8, 4) is 0 Å². The number of carbonyl (C=O) groups is 4. The van der Waals surface area contributed by atoms with Crippen LogP contribution in [0, 0.1) is 5.92 Å². The molecule has 45 heteroatoms. The minimum Gasteiger partial charge on any atom is -0.410 e. The van der Waals surface area contributed by atoms with Gasteiger partial charge in [0.2, 0.25) is 17.7 Å². The normalized spacial score (nSPS) is 47.9. The molecule has 0 spiro atoms. The van der Waals surface area contributed by atoms with E-state index in [1.165, 1.54) is 13.8 Å². The first-order valence-corrected chi connectivity index (χ1v) is 33.4. The summed E-state index contributed by atoms with van der Waals surface area (Å²) in [5.74, 6) is -6.07. The van der Waals surface area contributed by atoms with E-state index in [-0.39, 0.29) is 6.47 Å². The number of aliphatic hydroxyl groups excluding tert-OH is 22.